The molecule has 7 nitrogen and oxygen atoms in total. The average molecular weight is 301 g/mol. The summed E-state index contributed by atoms with van der Waals surface area (Å²) < 4.78 is 0. The van der Waals surface area contributed by atoms with Crippen LogP contribution in [-0.4, -0.2) is 52.6 Å². The van der Waals surface area contributed by atoms with Crippen LogP contribution in [0, 0.1) is 5.92 Å². The highest BCUT2D eigenvalue weighted by Crippen LogP contribution is 2.14. The number of carboxylic acid groups (broad SMARTS) is 1. The van der Waals surface area contributed by atoms with Crippen LogP contribution in [-0.2, 0) is 9.59 Å². The maximum atomic E-state index is 12.1. The molecule has 0 saturated carbocycles. The zero-order valence-corrected chi connectivity index (χ0v) is 13.7. The number of nitrogens with zero attached hydrogens (tertiary/aromatic N) is 1. The first-order valence-electron chi connectivity index (χ1n) is 7.13. The lowest BCUT2D eigenvalue weighted by molar-refractivity contribution is -0.147. The van der Waals surface area contributed by atoms with Gasteiger partial charge >= 0.3 is 12.0 Å². The number of aliphatic carboxylic acids is 1. The molecule has 7 heteroatoms. The predicted octanol–water partition coefficient (Wildman–Crippen LogP) is 1.04. The second-order valence-electron chi connectivity index (χ2n) is 5.92. The van der Waals surface area contributed by atoms with Gasteiger partial charge in [0.25, 0.3) is 0 Å². The molecule has 1 unspecified atom stereocenters. The number of hydrogen-bond donors (Lipinski definition) is 3. The quantitative estimate of drug-likeness (QED) is 0.654. The van der Waals surface area contributed by atoms with Gasteiger partial charge in [-0.15, -0.1) is 0 Å². The molecule has 0 fully saturated rings. The van der Waals surface area contributed by atoms with Gasteiger partial charge in [-0.2, -0.15) is 0 Å². The van der Waals surface area contributed by atoms with E-state index in [1.807, 2.05) is 13.8 Å². The fourth-order valence-corrected chi connectivity index (χ4v) is 1.69. The number of carbonyl (C=O) groups excluding carboxylic acids is 2. The highest BCUT2D eigenvalue weighted by molar-refractivity contribution is 5.89. The first-order chi connectivity index (χ1) is 9.53. The summed E-state index contributed by atoms with van der Waals surface area (Å²) in [5, 5.41) is 14.4. The molecular weight excluding hydrogens is 274 g/mol. The van der Waals surface area contributed by atoms with Crippen molar-refractivity contribution in [2.45, 2.75) is 53.1 Å². The molecule has 0 aliphatic heterocycles. The highest BCUT2D eigenvalue weighted by atomic mass is 16.4. The maximum Gasteiger partial charge on any atom is 0.329 e. The molecule has 3 N–H and O–H groups in total. The molecule has 0 aromatic carbocycles. The fraction of sp³-hybridized carbons (Fsp3) is 0.786. The van der Waals surface area contributed by atoms with Crippen LogP contribution in [0.3, 0.4) is 0 Å². The normalized spacial score (nSPS) is 12.7. The predicted molar refractivity (Wildman–Crippen MR) is 79.9 cm³/mol. The van der Waals surface area contributed by atoms with Crippen LogP contribution in [0.25, 0.3) is 0 Å². The fourth-order valence-electron chi connectivity index (χ4n) is 1.69. The van der Waals surface area contributed by atoms with Crippen molar-refractivity contribution in [3.63, 3.8) is 0 Å². The van der Waals surface area contributed by atoms with Crippen LogP contribution in [0.5, 0.6) is 0 Å². The van der Waals surface area contributed by atoms with Gasteiger partial charge in [-0.1, -0.05) is 13.8 Å². The molecule has 0 heterocycles. The number of rotatable bonds is 7. The van der Waals surface area contributed by atoms with Gasteiger partial charge < -0.3 is 20.6 Å². The second-order valence-corrected chi connectivity index (χ2v) is 5.92. The van der Waals surface area contributed by atoms with Crippen LogP contribution in [0.1, 0.15) is 41.5 Å². The van der Waals surface area contributed by atoms with Crippen LogP contribution in [0.2, 0.25) is 0 Å². The van der Waals surface area contributed by atoms with E-state index in [4.69, 9.17) is 0 Å². The van der Waals surface area contributed by atoms with Crippen molar-refractivity contribution >= 4 is 17.9 Å². The minimum Gasteiger partial charge on any atom is -0.480 e. The molecule has 0 saturated heterocycles. The van der Waals surface area contributed by atoms with Crippen LogP contribution in [0.15, 0.2) is 0 Å². The molecule has 0 bridgehead atoms. The van der Waals surface area contributed by atoms with E-state index >= 15 is 0 Å². The van der Waals surface area contributed by atoms with Crippen molar-refractivity contribution in [1.29, 1.82) is 0 Å². The third-order valence-electron chi connectivity index (χ3n) is 3.18. The molecule has 21 heavy (non-hydrogen) atoms. The Balaban J connectivity index is 4.71. The zero-order valence-electron chi connectivity index (χ0n) is 13.7. The molecule has 1 atom stereocenters. The van der Waals surface area contributed by atoms with Crippen molar-refractivity contribution in [2.24, 2.45) is 5.92 Å². The lowest BCUT2D eigenvalue weighted by Crippen LogP contribution is -2.58. The van der Waals surface area contributed by atoms with E-state index in [9.17, 15) is 19.5 Å². The van der Waals surface area contributed by atoms with Crippen molar-refractivity contribution in [3.8, 4) is 0 Å². The number of hydrogen-bond acceptors (Lipinski definition) is 3. The van der Waals surface area contributed by atoms with Crippen molar-refractivity contribution in [1.82, 2.24) is 15.5 Å². The Morgan fingerprint density at radius 2 is 1.71 bits per heavy atom. The molecule has 0 radical (unpaired) electrons. The lowest BCUT2D eigenvalue weighted by atomic mass is 10.0. The number of nitrogens with one attached hydrogen (secondary N) is 2. The van der Waals surface area contributed by atoms with E-state index < -0.39 is 23.6 Å². The Bertz CT molecular complexity index is 394. The molecule has 0 rings (SSSR count). The van der Waals surface area contributed by atoms with Crippen molar-refractivity contribution < 1.29 is 19.5 Å². The van der Waals surface area contributed by atoms with Gasteiger partial charge in [-0.25, -0.2) is 9.59 Å². The molecule has 0 spiro atoms. The SMILES string of the molecule is CCN(C(=O)NC(C)C(=O)NCC(C)C)C(C)(C)C(=O)O. The average Bonchev–Trinajstić information content (AvgIpc) is 2.35. The third kappa shape index (κ3) is 5.61. The highest BCUT2D eigenvalue weighted by Gasteiger charge is 2.37. The summed E-state index contributed by atoms with van der Waals surface area (Å²) in [6, 6.07) is -1.30. The molecular formula is C14H27N3O4. The number of urea groups is 1. The topological polar surface area (TPSA) is 98.7 Å². The Kier molecular flexibility index (Phi) is 7.18. The van der Waals surface area contributed by atoms with Crippen molar-refractivity contribution in [2.75, 3.05) is 13.1 Å². The van der Waals surface area contributed by atoms with Crippen LogP contribution < -0.4 is 10.6 Å². The van der Waals surface area contributed by atoms with Gasteiger partial charge in [0.15, 0.2) is 0 Å². The summed E-state index contributed by atoms with van der Waals surface area (Å²) in [6.45, 7) is 10.8. The maximum absolute atomic E-state index is 12.1. The molecule has 3 amide bonds. The summed E-state index contributed by atoms with van der Waals surface area (Å²) in [5.41, 5.74) is -1.34. The van der Waals surface area contributed by atoms with Gasteiger partial charge in [-0.3, -0.25) is 4.79 Å². The smallest absolute Gasteiger partial charge is 0.329 e. The summed E-state index contributed by atoms with van der Waals surface area (Å²) in [5.74, 6) is -1.08. The molecule has 0 aromatic rings. The van der Waals surface area contributed by atoms with Gasteiger partial charge in [0.2, 0.25) is 5.91 Å². The first-order valence-corrected chi connectivity index (χ1v) is 7.13. The Morgan fingerprint density at radius 3 is 2.10 bits per heavy atom. The number of likely N-dealkylation sites (N-methyl/N-ethyl adjacent to an activating group) is 1. The van der Waals surface area contributed by atoms with E-state index in [-0.39, 0.29) is 12.5 Å². The first kappa shape index (κ1) is 19.2. The minimum absolute atomic E-state index is 0.228. The van der Waals surface area contributed by atoms with Gasteiger partial charge in [0.1, 0.15) is 11.6 Å². The monoisotopic (exact) mass is 301 g/mol. The van der Waals surface area contributed by atoms with Gasteiger partial charge in [0, 0.05) is 13.1 Å². The minimum atomic E-state index is -1.34. The number of carbonyl (C=O) groups is 3. The summed E-state index contributed by atoms with van der Waals surface area (Å²) >= 11 is 0. The number of carboxylic acids is 1. The van der Waals surface area contributed by atoms with E-state index in [0.717, 1.165) is 0 Å². The standard InChI is InChI=1S/C14H27N3O4/c1-7-17(14(5,6)12(19)20)13(21)16-10(4)11(18)15-8-9(2)3/h9-10H,7-8H2,1-6H3,(H,15,18)(H,16,21)(H,19,20). The van der Waals surface area contributed by atoms with Gasteiger partial charge in [0.05, 0.1) is 0 Å². The lowest BCUT2D eigenvalue weighted by Gasteiger charge is -2.34. The van der Waals surface area contributed by atoms with Crippen LogP contribution >= 0.6 is 0 Å². The second kappa shape index (κ2) is 7.85. The summed E-state index contributed by atoms with van der Waals surface area (Å²) in [6.07, 6.45) is 0. The Hall–Kier alpha value is -1.79. The van der Waals surface area contributed by atoms with Crippen molar-refractivity contribution in [3.05, 3.63) is 0 Å². The molecule has 0 aliphatic rings. The summed E-state index contributed by atoms with van der Waals surface area (Å²) in [4.78, 5) is 36.4. The third-order valence-corrected chi connectivity index (χ3v) is 3.18. The largest absolute Gasteiger partial charge is 0.480 e. The van der Waals surface area contributed by atoms with E-state index in [1.165, 1.54) is 18.7 Å². The van der Waals surface area contributed by atoms with Crippen LogP contribution in [0.4, 0.5) is 4.79 Å². The van der Waals surface area contributed by atoms with E-state index in [0.29, 0.717) is 12.5 Å². The molecule has 0 aromatic heterocycles. The molecule has 122 valence electrons. The Morgan fingerprint density at radius 1 is 1.19 bits per heavy atom. The summed E-state index contributed by atoms with van der Waals surface area (Å²) in [7, 11) is 0. The Labute approximate surface area is 126 Å². The van der Waals surface area contributed by atoms with E-state index in [2.05, 4.69) is 10.6 Å². The van der Waals surface area contributed by atoms with E-state index in [1.54, 1.807) is 13.8 Å². The molecule has 0 aliphatic carbocycles. The van der Waals surface area contributed by atoms with Gasteiger partial charge in [-0.05, 0) is 33.6 Å². The zero-order chi connectivity index (χ0) is 16.8. The number of amides is 3.